The molecule has 132 valence electrons. The minimum atomic E-state index is -0.226. The minimum Gasteiger partial charge on any atom is -0.454 e. The number of anilines is 2. The number of hydrogen-bond acceptors (Lipinski definition) is 6. The number of aromatic nitrogens is 1. The molecule has 2 N–H and O–H groups in total. The molecule has 1 saturated heterocycles. The van der Waals surface area contributed by atoms with E-state index in [4.69, 9.17) is 9.47 Å². The van der Waals surface area contributed by atoms with Gasteiger partial charge in [-0.1, -0.05) is 0 Å². The summed E-state index contributed by atoms with van der Waals surface area (Å²) in [6.07, 6.45) is 1.79. The van der Waals surface area contributed by atoms with Crippen LogP contribution in [0.25, 0.3) is 0 Å². The van der Waals surface area contributed by atoms with Gasteiger partial charge in [0.05, 0.1) is 11.9 Å². The Hall–Kier alpha value is -2.51. The Morgan fingerprint density at radius 2 is 1.92 bits per heavy atom. The van der Waals surface area contributed by atoms with Gasteiger partial charge in [-0.25, -0.2) is 4.98 Å². The maximum absolute atomic E-state index is 12.3. The number of fused-ring (bicyclic) bond motifs is 1. The molecule has 25 heavy (non-hydrogen) atoms. The van der Waals surface area contributed by atoms with Crippen molar-refractivity contribution in [1.29, 1.82) is 0 Å². The van der Waals surface area contributed by atoms with Gasteiger partial charge in [0.2, 0.25) is 6.79 Å². The number of benzene rings is 1. The molecule has 0 aliphatic carbocycles. The standard InChI is InChI=1S/C17H18N4O3.ClH/c22-17(12-1-3-14-15(9-12)24-11-23-14)20-16-4-2-13(10-19-16)21-7-5-18-6-8-21;/h1-4,9-10,18H,5-8,11H2,(H,19,20,22);1H. The van der Waals surface area contributed by atoms with Gasteiger partial charge in [-0.3, -0.25) is 4.79 Å². The largest absolute Gasteiger partial charge is 0.454 e. The van der Waals surface area contributed by atoms with Crippen LogP contribution in [0.3, 0.4) is 0 Å². The molecule has 0 unspecified atom stereocenters. The smallest absolute Gasteiger partial charge is 0.256 e. The van der Waals surface area contributed by atoms with Crippen LogP contribution in [0.5, 0.6) is 11.5 Å². The van der Waals surface area contributed by atoms with Crippen molar-refractivity contribution in [3.8, 4) is 11.5 Å². The van der Waals surface area contributed by atoms with E-state index in [1.54, 1.807) is 24.4 Å². The Labute approximate surface area is 151 Å². The fourth-order valence-corrected chi connectivity index (χ4v) is 2.80. The molecule has 0 atom stereocenters. The maximum atomic E-state index is 12.3. The van der Waals surface area contributed by atoms with Crippen LogP contribution in [-0.4, -0.2) is 43.9 Å². The fourth-order valence-electron chi connectivity index (χ4n) is 2.80. The second kappa shape index (κ2) is 7.58. The van der Waals surface area contributed by atoms with Gasteiger partial charge in [0, 0.05) is 31.7 Å². The predicted octanol–water partition coefficient (Wildman–Crippen LogP) is 1.89. The third-order valence-corrected chi connectivity index (χ3v) is 4.11. The third-order valence-electron chi connectivity index (χ3n) is 4.11. The van der Waals surface area contributed by atoms with Gasteiger partial charge in [0.25, 0.3) is 5.91 Å². The molecule has 3 heterocycles. The van der Waals surface area contributed by atoms with E-state index >= 15 is 0 Å². The molecule has 0 radical (unpaired) electrons. The molecular formula is C17H19ClN4O3. The topological polar surface area (TPSA) is 75.7 Å². The van der Waals surface area contributed by atoms with Crippen LogP contribution >= 0.6 is 12.4 Å². The first kappa shape index (κ1) is 17.3. The average molecular weight is 363 g/mol. The molecule has 7 nitrogen and oxygen atoms in total. The number of nitrogens with one attached hydrogen (secondary N) is 2. The van der Waals surface area contributed by atoms with E-state index in [0.717, 1.165) is 31.9 Å². The number of rotatable bonds is 3. The van der Waals surface area contributed by atoms with Gasteiger partial charge in [-0.15, -0.1) is 12.4 Å². The normalized spacial score (nSPS) is 15.4. The van der Waals surface area contributed by atoms with Gasteiger partial charge in [-0.2, -0.15) is 0 Å². The van der Waals surface area contributed by atoms with Crippen LogP contribution < -0.4 is 25.0 Å². The van der Waals surface area contributed by atoms with Crippen molar-refractivity contribution in [3.63, 3.8) is 0 Å². The lowest BCUT2D eigenvalue weighted by Gasteiger charge is -2.29. The highest BCUT2D eigenvalue weighted by Gasteiger charge is 2.17. The molecule has 1 amide bonds. The molecule has 2 aliphatic heterocycles. The number of halogens is 1. The van der Waals surface area contributed by atoms with Crippen LogP contribution in [0.15, 0.2) is 36.5 Å². The van der Waals surface area contributed by atoms with Crippen molar-refractivity contribution in [2.45, 2.75) is 0 Å². The van der Waals surface area contributed by atoms with Crippen molar-refractivity contribution in [1.82, 2.24) is 10.3 Å². The highest BCUT2D eigenvalue weighted by atomic mass is 35.5. The number of amides is 1. The van der Waals surface area contributed by atoms with Crippen molar-refractivity contribution < 1.29 is 14.3 Å². The molecule has 1 aromatic heterocycles. The number of nitrogens with zero attached hydrogens (tertiary/aromatic N) is 2. The van der Waals surface area contributed by atoms with Crippen LogP contribution in [0.2, 0.25) is 0 Å². The first-order valence-electron chi connectivity index (χ1n) is 7.92. The summed E-state index contributed by atoms with van der Waals surface area (Å²) in [5.41, 5.74) is 1.57. The van der Waals surface area contributed by atoms with Crippen LogP contribution in [0.4, 0.5) is 11.5 Å². The number of carbonyl (C=O) groups is 1. The lowest BCUT2D eigenvalue weighted by atomic mass is 10.2. The third kappa shape index (κ3) is 3.78. The van der Waals surface area contributed by atoms with Crippen molar-refractivity contribution >= 4 is 29.8 Å². The highest BCUT2D eigenvalue weighted by Crippen LogP contribution is 2.32. The Kier molecular flexibility index (Phi) is 5.25. The van der Waals surface area contributed by atoms with Crippen LogP contribution in [-0.2, 0) is 0 Å². The highest BCUT2D eigenvalue weighted by molar-refractivity contribution is 6.04. The molecule has 0 bridgehead atoms. The molecule has 8 heteroatoms. The molecular weight excluding hydrogens is 344 g/mol. The Balaban J connectivity index is 0.00000182. The van der Waals surface area contributed by atoms with Crippen LogP contribution in [0.1, 0.15) is 10.4 Å². The van der Waals surface area contributed by atoms with Gasteiger partial charge >= 0.3 is 0 Å². The molecule has 2 aromatic rings. The Morgan fingerprint density at radius 3 is 2.68 bits per heavy atom. The molecule has 1 aromatic carbocycles. The van der Waals surface area contributed by atoms with Crippen LogP contribution in [0, 0.1) is 0 Å². The molecule has 0 saturated carbocycles. The monoisotopic (exact) mass is 362 g/mol. The Bertz CT molecular complexity index is 748. The lowest BCUT2D eigenvalue weighted by molar-refractivity contribution is 0.102. The zero-order valence-electron chi connectivity index (χ0n) is 13.5. The summed E-state index contributed by atoms with van der Waals surface area (Å²) < 4.78 is 10.5. The van der Waals surface area contributed by atoms with Crippen molar-refractivity contribution in [3.05, 3.63) is 42.1 Å². The van der Waals surface area contributed by atoms with Gasteiger partial charge in [-0.05, 0) is 30.3 Å². The van der Waals surface area contributed by atoms with E-state index in [0.29, 0.717) is 22.9 Å². The van der Waals surface area contributed by atoms with E-state index in [-0.39, 0.29) is 25.1 Å². The lowest BCUT2D eigenvalue weighted by Crippen LogP contribution is -2.43. The zero-order valence-corrected chi connectivity index (χ0v) is 14.3. The molecule has 1 fully saturated rings. The van der Waals surface area contributed by atoms with Gasteiger partial charge in [0.15, 0.2) is 11.5 Å². The average Bonchev–Trinajstić information content (AvgIpc) is 3.11. The second-order valence-electron chi connectivity index (χ2n) is 5.66. The Morgan fingerprint density at radius 1 is 1.12 bits per heavy atom. The summed E-state index contributed by atoms with van der Waals surface area (Å²) in [5.74, 6) is 1.54. The molecule has 0 spiro atoms. The van der Waals surface area contributed by atoms with Crippen molar-refractivity contribution in [2.75, 3.05) is 43.2 Å². The van der Waals surface area contributed by atoms with E-state index in [1.165, 1.54) is 0 Å². The quantitative estimate of drug-likeness (QED) is 0.868. The summed E-state index contributed by atoms with van der Waals surface area (Å²) >= 11 is 0. The fraction of sp³-hybridized carbons (Fsp3) is 0.294. The van der Waals surface area contributed by atoms with E-state index in [1.807, 2.05) is 12.1 Å². The first-order chi connectivity index (χ1) is 11.8. The summed E-state index contributed by atoms with van der Waals surface area (Å²) in [6, 6.07) is 8.92. The van der Waals surface area contributed by atoms with E-state index in [9.17, 15) is 4.79 Å². The number of pyridine rings is 1. The van der Waals surface area contributed by atoms with E-state index < -0.39 is 0 Å². The van der Waals surface area contributed by atoms with E-state index in [2.05, 4.69) is 20.5 Å². The summed E-state index contributed by atoms with van der Waals surface area (Å²) in [5, 5.41) is 6.12. The summed E-state index contributed by atoms with van der Waals surface area (Å²) in [7, 11) is 0. The SMILES string of the molecule is Cl.O=C(Nc1ccc(N2CCNCC2)cn1)c1ccc2c(c1)OCO2. The summed E-state index contributed by atoms with van der Waals surface area (Å²) in [4.78, 5) is 18.9. The molecule has 4 rings (SSSR count). The number of ether oxygens (including phenoxy) is 2. The molecule has 2 aliphatic rings. The number of hydrogen-bond donors (Lipinski definition) is 2. The minimum absolute atomic E-state index is 0. The summed E-state index contributed by atoms with van der Waals surface area (Å²) in [6.45, 7) is 4.07. The predicted molar refractivity (Wildman–Crippen MR) is 97.1 cm³/mol. The zero-order chi connectivity index (χ0) is 16.4. The number of piperazine rings is 1. The maximum Gasteiger partial charge on any atom is 0.256 e. The first-order valence-corrected chi connectivity index (χ1v) is 7.92. The van der Waals surface area contributed by atoms with Crippen molar-refractivity contribution in [2.24, 2.45) is 0 Å². The van der Waals surface area contributed by atoms with Gasteiger partial charge < -0.3 is 25.0 Å². The number of carbonyl (C=O) groups excluding carboxylic acids is 1. The second-order valence-corrected chi connectivity index (χ2v) is 5.66. The van der Waals surface area contributed by atoms with Gasteiger partial charge in [0.1, 0.15) is 5.82 Å².